The van der Waals surface area contributed by atoms with Gasteiger partial charge in [0.15, 0.2) is 0 Å². The van der Waals surface area contributed by atoms with Gasteiger partial charge in [0.1, 0.15) is 0 Å². The van der Waals surface area contributed by atoms with Gasteiger partial charge in [0, 0.05) is 45.2 Å². The van der Waals surface area contributed by atoms with Crippen molar-refractivity contribution >= 4 is 29.9 Å². The molecule has 2 amide bonds. The molecule has 0 unspecified atom stereocenters. The lowest BCUT2D eigenvalue weighted by Gasteiger charge is -2.20. The van der Waals surface area contributed by atoms with Crippen LogP contribution in [0.5, 0.6) is 0 Å². The van der Waals surface area contributed by atoms with E-state index in [9.17, 15) is 9.59 Å². The maximum atomic E-state index is 11.9. The van der Waals surface area contributed by atoms with E-state index in [1.165, 1.54) is 6.92 Å². The molecule has 0 aliphatic carbocycles. The molecule has 5 nitrogen and oxygen atoms in total. The van der Waals surface area contributed by atoms with E-state index < -0.39 is 0 Å². The summed E-state index contributed by atoms with van der Waals surface area (Å²) in [5, 5.41) is 6.12. The standard InChI is InChI=1S/C17H25N3O2.ClH/c1-14(21)19-16-8-6-15(7-9-16)13-18-10-12-20-11-4-2-3-5-17(20)22;/h6-9,18H,2-5,10-13H2,1H3,(H,19,21);1H. The molecule has 1 aliphatic heterocycles. The summed E-state index contributed by atoms with van der Waals surface area (Å²) in [6.45, 7) is 4.75. The molecule has 1 aromatic rings. The van der Waals surface area contributed by atoms with E-state index in [-0.39, 0.29) is 18.3 Å². The molecule has 0 spiro atoms. The van der Waals surface area contributed by atoms with Crippen molar-refractivity contribution in [3.63, 3.8) is 0 Å². The summed E-state index contributed by atoms with van der Waals surface area (Å²) in [4.78, 5) is 24.8. The maximum absolute atomic E-state index is 11.9. The molecule has 1 aromatic carbocycles. The molecule has 23 heavy (non-hydrogen) atoms. The number of halogens is 1. The molecule has 0 aromatic heterocycles. The van der Waals surface area contributed by atoms with Crippen molar-refractivity contribution < 1.29 is 9.59 Å². The van der Waals surface area contributed by atoms with Crippen molar-refractivity contribution in [3.05, 3.63) is 29.8 Å². The number of benzene rings is 1. The van der Waals surface area contributed by atoms with Crippen LogP contribution in [0.3, 0.4) is 0 Å². The Morgan fingerprint density at radius 3 is 2.61 bits per heavy atom. The third kappa shape index (κ3) is 7.01. The predicted octanol–water partition coefficient (Wildman–Crippen LogP) is 2.56. The number of carbonyl (C=O) groups is 2. The molecular weight excluding hydrogens is 314 g/mol. The summed E-state index contributed by atoms with van der Waals surface area (Å²) in [7, 11) is 0. The first kappa shape index (κ1) is 19.5. The van der Waals surface area contributed by atoms with Crippen LogP contribution in [0.25, 0.3) is 0 Å². The van der Waals surface area contributed by atoms with Gasteiger partial charge >= 0.3 is 0 Å². The van der Waals surface area contributed by atoms with Crippen LogP contribution in [0.1, 0.15) is 38.2 Å². The summed E-state index contributed by atoms with van der Waals surface area (Å²) >= 11 is 0. The van der Waals surface area contributed by atoms with Crippen molar-refractivity contribution in [1.29, 1.82) is 0 Å². The van der Waals surface area contributed by atoms with E-state index >= 15 is 0 Å². The van der Waals surface area contributed by atoms with E-state index in [0.717, 1.165) is 56.7 Å². The third-order valence-electron chi connectivity index (χ3n) is 3.83. The van der Waals surface area contributed by atoms with Crippen LogP contribution in [0.2, 0.25) is 0 Å². The normalized spacial score (nSPS) is 14.8. The Morgan fingerprint density at radius 2 is 1.91 bits per heavy atom. The quantitative estimate of drug-likeness (QED) is 0.783. The van der Waals surface area contributed by atoms with Gasteiger partial charge in [-0.1, -0.05) is 18.6 Å². The molecule has 6 heteroatoms. The van der Waals surface area contributed by atoms with Gasteiger partial charge in [-0.2, -0.15) is 0 Å². The van der Waals surface area contributed by atoms with Crippen LogP contribution in [-0.2, 0) is 16.1 Å². The molecule has 1 fully saturated rings. The number of nitrogens with zero attached hydrogens (tertiary/aromatic N) is 1. The molecule has 2 N–H and O–H groups in total. The lowest BCUT2D eigenvalue weighted by atomic mass is 10.2. The number of hydrogen-bond donors (Lipinski definition) is 2. The Morgan fingerprint density at radius 1 is 1.17 bits per heavy atom. The van der Waals surface area contributed by atoms with Gasteiger partial charge in [-0.3, -0.25) is 9.59 Å². The fourth-order valence-corrected chi connectivity index (χ4v) is 2.63. The molecule has 0 radical (unpaired) electrons. The van der Waals surface area contributed by atoms with Gasteiger partial charge in [0.25, 0.3) is 0 Å². The number of nitrogens with one attached hydrogen (secondary N) is 2. The second kappa shape index (κ2) is 10.2. The Labute approximate surface area is 144 Å². The minimum absolute atomic E-state index is 0. The van der Waals surface area contributed by atoms with Crippen LogP contribution in [-0.4, -0.2) is 36.3 Å². The molecule has 0 bridgehead atoms. The van der Waals surface area contributed by atoms with Crippen molar-refractivity contribution in [2.75, 3.05) is 25.0 Å². The molecule has 1 saturated heterocycles. The third-order valence-corrected chi connectivity index (χ3v) is 3.83. The van der Waals surface area contributed by atoms with Crippen molar-refractivity contribution in [3.8, 4) is 0 Å². The highest BCUT2D eigenvalue weighted by Crippen LogP contribution is 2.11. The second-order valence-corrected chi connectivity index (χ2v) is 5.75. The lowest BCUT2D eigenvalue weighted by Crippen LogP contribution is -2.36. The van der Waals surface area contributed by atoms with Gasteiger partial charge in [0.2, 0.25) is 11.8 Å². The monoisotopic (exact) mass is 339 g/mol. The van der Waals surface area contributed by atoms with Crippen LogP contribution < -0.4 is 10.6 Å². The fourth-order valence-electron chi connectivity index (χ4n) is 2.63. The van der Waals surface area contributed by atoms with Gasteiger partial charge in [-0.15, -0.1) is 12.4 Å². The van der Waals surface area contributed by atoms with Gasteiger partial charge in [-0.05, 0) is 30.5 Å². The molecular formula is C17H26ClN3O2. The number of hydrogen-bond acceptors (Lipinski definition) is 3. The molecule has 0 saturated carbocycles. The fraction of sp³-hybridized carbons (Fsp3) is 0.529. The number of likely N-dealkylation sites (tertiary alicyclic amines) is 1. The topological polar surface area (TPSA) is 61.4 Å². The second-order valence-electron chi connectivity index (χ2n) is 5.75. The zero-order valence-electron chi connectivity index (χ0n) is 13.6. The predicted molar refractivity (Wildman–Crippen MR) is 94.7 cm³/mol. The zero-order chi connectivity index (χ0) is 15.8. The Hall–Kier alpha value is -1.59. The van der Waals surface area contributed by atoms with Gasteiger partial charge in [-0.25, -0.2) is 0 Å². The van der Waals surface area contributed by atoms with E-state index in [4.69, 9.17) is 0 Å². The summed E-state index contributed by atoms with van der Waals surface area (Å²) in [5.74, 6) is 0.229. The van der Waals surface area contributed by atoms with Crippen LogP contribution >= 0.6 is 12.4 Å². The van der Waals surface area contributed by atoms with Crippen molar-refractivity contribution in [1.82, 2.24) is 10.2 Å². The van der Waals surface area contributed by atoms with Crippen molar-refractivity contribution in [2.45, 2.75) is 39.2 Å². The number of anilines is 1. The average molecular weight is 340 g/mol. The molecule has 2 rings (SSSR count). The van der Waals surface area contributed by atoms with E-state index in [0.29, 0.717) is 12.3 Å². The first-order chi connectivity index (χ1) is 10.6. The van der Waals surface area contributed by atoms with Gasteiger partial charge < -0.3 is 15.5 Å². The molecule has 128 valence electrons. The van der Waals surface area contributed by atoms with Crippen LogP contribution in [0.15, 0.2) is 24.3 Å². The smallest absolute Gasteiger partial charge is 0.222 e. The molecule has 0 atom stereocenters. The van der Waals surface area contributed by atoms with Crippen LogP contribution in [0, 0.1) is 0 Å². The SMILES string of the molecule is CC(=O)Nc1ccc(CNCCN2CCCCCC2=O)cc1.Cl. The summed E-state index contributed by atoms with van der Waals surface area (Å²) in [6.07, 6.45) is 4.01. The summed E-state index contributed by atoms with van der Waals surface area (Å²) < 4.78 is 0. The van der Waals surface area contributed by atoms with Crippen molar-refractivity contribution in [2.24, 2.45) is 0 Å². The van der Waals surface area contributed by atoms with E-state index in [1.54, 1.807) is 0 Å². The van der Waals surface area contributed by atoms with Crippen LogP contribution in [0.4, 0.5) is 5.69 Å². The minimum Gasteiger partial charge on any atom is -0.341 e. The van der Waals surface area contributed by atoms with E-state index in [2.05, 4.69) is 10.6 Å². The molecule has 1 aliphatic rings. The largest absolute Gasteiger partial charge is 0.341 e. The Bertz CT molecular complexity index is 505. The maximum Gasteiger partial charge on any atom is 0.222 e. The summed E-state index contributed by atoms with van der Waals surface area (Å²) in [5.41, 5.74) is 1.97. The lowest BCUT2D eigenvalue weighted by molar-refractivity contribution is -0.130. The molecule has 1 heterocycles. The van der Waals surface area contributed by atoms with Gasteiger partial charge in [0.05, 0.1) is 0 Å². The average Bonchev–Trinajstić information content (AvgIpc) is 2.69. The number of amides is 2. The minimum atomic E-state index is -0.0620. The first-order valence-electron chi connectivity index (χ1n) is 8.00. The summed E-state index contributed by atoms with van der Waals surface area (Å²) in [6, 6.07) is 7.79. The number of rotatable bonds is 6. The first-order valence-corrected chi connectivity index (χ1v) is 8.00. The van der Waals surface area contributed by atoms with E-state index in [1.807, 2.05) is 29.2 Å². The number of carbonyl (C=O) groups excluding carboxylic acids is 2. The Balaban J connectivity index is 0.00000264. The highest BCUT2D eigenvalue weighted by atomic mass is 35.5. The highest BCUT2D eigenvalue weighted by Gasteiger charge is 2.15. The zero-order valence-corrected chi connectivity index (χ0v) is 14.5. The highest BCUT2D eigenvalue weighted by molar-refractivity contribution is 5.88. The Kier molecular flexibility index (Phi) is 8.66.